The summed E-state index contributed by atoms with van der Waals surface area (Å²) in [5.41, 5.74) is 3.87. The van der Waals surface area contributed by atoms with E-state index in [1.165, 1.54) is 32.4 Å². The van der Waals surface area contributed by atoms with Gasteiger partial charge in [0.25, 0.3) is 0 Å². The van der Waals surface area contributed by atoms with Crippen LogP contribution < -0.4 is 10.2 Å². The first-order valence-electron chi connectivity index (χ1n) is 11.1. The molecule has 0 bridgehead atoms. The van der Waals surface area contributed by atoms with E-state index in [-0.39, 0.29) is 12.0 Å². The van der Waals surface area contributed by atoms with Crippen LogP contribution >= 0.6 is 0 Å². The van der Waals surface area contributed by atoms with Gasteiger partial charge in [-0.3, -0.25) is 4.90 Å². The maximum Gasteiger partial charge on any atom is 0.330 e. The highest BCUT2D eigenvalue weighted by Gasteiger charge is 2.14. The topological polar surface area (TPSA) is 58.6 Å². The molecule has 0 spiro atoms. The molecule has 2 amide bonds. The normalized spacial score (nSPS) is 10.8. The van der Waals surface area contributed by atoms with Crippen molar-refractivity contribution in [2.75, 3.05) is 25.1 Å². The Kier molecular flexibility index (Phi) is 10.4. The lowest BCUT2D eigenvalue weighted by molar-refractivity contribution is -0.134. The van der Waals surface area contributed by atoms with Crippen molar-refractivity contribution >= 4 is 23.8 Å². The monoisotopic (exact) mass is 422 g/mol. The second-order valence-corrected chi connectivity index (χ2v) is 7.42. The van der Waals surface area contributed by atoms with Gasteiger partial charge in [0.05, 0.1) is 7.11 Å². The number of carbonyl (C=O) groups excluding carboxylic acids is 2. The fourth-order valence-electron chi connectivity index (χ4n) is 3.34. The summed E-state index contributed by atoms with van der Waals surface area (Å²) < 4.78 is 4.61. The molecule has 5 heteroatoms. The van der Waals surface area contributed by atoms with Crippen molar-refractivity contribution in [1.82, 2.24) is 5.32 Å². The zero-order chi connectivity index (χ0) is 22.5. The molecule has 0 saturated heterocycles. The Balaban J connectivity index is 2.03. The van der Waals surface area contributed by atoms with Crippen molar-refractivity contribution in [2.24, 2.45) is 0 Å². The third-order valence-corrected chi connectivity index (χ3v) is 5.13. The van der Waals surface area contributed by atoms with Crippen LogP contribution in [-0.4, -0.2) is 32.2 Å². The first-order valence-corrected chi connectivity index (χ1v) is 11.1. The Labute approximate surface area is 186 Å². The van der Waals surface area contributed by atoms with Gasteiger partial charge in [0.2, 0.25) is 0 Å². The van der Waals surface area contributed by atoms with E-state index in [1.807, 2.05) is 55.5 Å². The van der Waals surface area contributed by atoms with Crippen LogP contribution in [0.1, 0.15) is 51.5 Å². The van der Waals surface area contributed by atoms with Crippen molar-refractivity contribution in [1.29, 1.82) is 0 Å². The van der Waals surface area contributed by atoms with E-state index in [2.05, 4.69) is 17.0 Å². The highest BCUT2D eigenvalue weighted by Crippen LogP contribution is 2.25. The number of ether oxygens (including phenoxy) is 1. The second kappa shape index (κ2) is 13.3. The quantitative estimate of drug-likeness (QED) is 0.273. The van der Waals surface area contributed by atoms with E-state index in [0.717, 1.165) is 35.2 Å². The lowest BCUT2D eigenvalue weighted by Crippen LogP contribution is -2.40. The van der Waals surface area contributed by atoms with Gasteiger partial charge in [0, 0.05) is 24.9 Å². The number of carbonyl (C=O) groups is 2. The maximum absolute atomic E-state index is 12.7. The summed E-state index contributed by atoms with van der Waals surface area (Å²) in [5.74, 6) is -0.379. The number of hydrogen-bond acceptors (Lipinski definition) is 3. The number of amides is 2. The van der Waals surface area contributed by atoms with Crippen LogP contribution in [0.15, 0.2) is 54.6 Å². The molecule has 0 radical (unpaired) electrons. The highest BCUT2D eigenvalue weighted by molar-refractivity contribution is 5.92. The van der Waals surface area contributed by atoms with E-state index in [4.69, 9.17) is 0 Å². The minimum atomic E-state index is -0.379. The summed E-state index contributed by atoms with van der Waals surface area (Å²) in [7, 11) is 1.36. The molecule has 2 rings (SSSR count). The van der Waals surface area contributed by atoms with Gasteiger partial charge >= 0.3 is 12.0 Å². The van der Waals surface area contributed by atoms with Gasteiger partial charge in [-0.25, -0.2) is 9.59 Å². The largest absolute Gasteiger partial charge is 0.466 e. The molecular weight excluding hydrogens is 388 g/mol. The van der Waals surface area contributed by atoms with Gasteiger partial charge in [-0.1, -0.05) is 69.0 Å². The van der Waals surface area contributed by atoms with E-state index < -0.39 is 0 Å². The number of hydrogen-bond donors (Lipinski definition) is 1. The van der Waals surface area contributed by atoms with E-state index in [9.17, 15) is 9.59 Å². The molecule has 2 aromatic carbocycles. The number of esters is 1. The number of anilines is 1. The third-order valence-electron chi connectivity index (χ3n) is 5.13. The SMILES string of the molecule is CCCCCCCNC(=O)N(CC)c1cccc(-c2ccc(C=CC(=O)OC)cc2)c1. The smallest absolute Gasteiger partial charge is 0.330 e. The Hall–Kier alpha value is -3.08. The first kappa shape index (κ1) is 24.2. The van der Waals surface area contributed by atoms with Crippen LogP contribution in [0.3, 0.4) is 0 Å². The van der Waals surface area contributed by atoms with Gasteiger partial charge in [-0.2, -0.15) is 0 Å². The van der Waals surface area contributed by atoms with Crippen LogP contribution in [0.25, 0.3) is 17.2 Å². The molecular formula is C26H34N2O3. The molecule has 0 aliphatic rings. The van der Waals surface area contributed by atoms with Crippen molar-refractivity contribution in [3.05, 3.63) is 60.2 Å². The molecule has 0 heterocycles. The number of nitrogens with one attached hydrogen (secondary N) is 1. The molecule has 166 valence electrons. The van der Waals surface area contributed by atoms with Gasteiger partial charge in [0.1, 0.15) is 0 Å². The maximum atomic E-state index is 12.7. The average molecular weight is 423 g/mol. The molecule has 0 aliphatic heterocycles. The molecule has 1 N–H and O–H groups in total. The molecule has 0 aliphatic carbocycles. The minimum Gasteiger partial charge on any atom is -0.466 e. The van der Waals surface area contributed by atoms with E-state index in [1.54, 1.807) is 11.0 Å². The van der Waals surface area contributed by atoms with Crippen LogP contribution in [0.5, 0.6) is 0 Å². The average Bonchev–Trinajstić information content (AvgIpc) is 2.80. The molecule has 0 atom stereocenters. The fourth-order valence-corrected chi connectivity index (χ4v) is 3.34. The van der Waals surface area contributed by atoms with Gasteiger partial charge in [-0.15, -0.1) is 0 Å². The van der Waals surface area contributed by atoms with E-state index >= 15 is 0 Å². The molecule has 0 fully saturated rings. The lowest BCUT2D eigenvalue weighted by Gasteiger charge is -2.22. The van der Waals surface area contributed by atoms with Crippen molar-refractivity contribution < 1.29 is 14.3 Å². The molecule has 31 heavy (non-hydrogen) atoms. The molecule has 0 aromatic heterocycles. The van der Waals surface area contributed by atoms with E-state index in [0.29, 0.717) is 13.1 Å². The van der Waals surface area contributed by atoms with Crippen LogP contribution in [0.2, 0.25) is 0 Å². The summed E-state index contributed by atoms with van der Waals surface area (Å²) in [5, 5.41) is 3.05. The Morgan fingerprint density at radius 3 is 2.39 bits per heavy atom. The Morgan fingerprint density at radius 1 is 0.968 bits per heavy atom. The summed E-state index contributed by atoms with van der Waals surface area (Å²) in [6.07, 6.45) is 8.99. The summed E-state index contributed by atoms with van der Waals surface area (Å²) >= 11 is 0. The molecule has 0 unspecified atom stereocenters. The number of methoxy groups -OCH3 is 1. The van der Waals surface area contributed by atoms with Crippen molar-refractivity contribution in [3.63, 3.8) is 0 Å². The van der Waals surface area contributed by atoms with Crippen LogP contribution in [-0.2, 0) is 9.53 Å². The van der Waals surface area contributed by atoms with Crippen LogP contribution in [0.4, 0.5) is 10.5 Å². The zero-order valence-electron chi connectivity index (χ0n) is 18.9. The summed E-state index contributed by atoms with van der Waals surface area (Å²) in [6.45, 7) is 5.49. The molecule has 0 saturated carbocycles. The zero-order valence-corrected chi connectivity index (χ0v) is 18.9. The Bertz CT molecular complexity index is 859. The van der Waals surface area contributed by atoms with Crippen molar-refractivity contribution in [2.45, 2.75) is 46.0 Å². The Morgan fingerprint density at radius 2 is 1.71 bits per heavy atom. The first-order chi connectivity index (χ1) is 15.1. The van der Waals surface area contributed by atoms with Crippen LogP contribution in [0, 0.1) is 0 Å². The number of unbranched alkanes of at least 4 members (excludes halogenated alkanes) is 4. The minimum absolute atomic E-state index is 0.0570. The van der Waals surface area contributed by atoms with Gasteiger partial charge in [0.15, 0.2) is 0 Å². The number of nitrogens with zero attached hydrogens (tertiary/aromatic N) is 1. The van der Waals surface area contributed by atoms with Gasteiger partial charge in [-0.05, 0) is 48.2 Å². The fraction of sp³-hybridized carbons (Fsp3) is 0.385. The number of benzene rings is 2. The summed E-state index contributed by atoms with van der Waals surface area (Å²) in [4.78, 5) is 25.7. The summed E-state index contributed by atoms with van der Waals surface area (Å²) in [6, 6.07) is 15.8. The van der Waals surface area contributed by atoms with Gasteiger partial charge < -0.3 is 10.1 Å². The predicted molar refractivity (Wildman–Crippen MR) is 128 cm³/mol. The number of urea groups is 1. The van der Waals surface area contributed by atoms with Crippen molar-refractivity contribution in [3.8, 4) is 11.1 Å². The molecule has 2 aromatic rings. The lowest BCUT2D eigenvalue weighted by atomic mass is 10.0. The number of rotatable bonds is 11. The molecule has 5 nitrogen and oxygen atoms in total. The predicted octanol–water partition coefficient (Wildman–Crippen LogP) is 6.05. The highest BCUT2D eigenvalue weighted by atomic mass is 16.5. The second-order valence-electron chi connectivity index (χ2n) is 7.42. The third kappa shape index (κ3) is 7.93. The standard InChI is InChI=1S/C26H34N2O3/c1-4-6-7-8-9-19-27-26(30)28(5-2)24-12-10-11-23(20-24)22-16-13-21(14-17-22)15-18-25(29)31-3/h10-18,20H,4-9,19H2,1-3H3,(H,27,30).